The molecule has 0 aliphatic heterocycles. The molecule has 0 aromatic rings. The molecule has 0 atom stereocenters. The molecule has 0 fully saturated rings. The van der Waals surface area contributed by atoms with Gasteiger partial charge in [0.15, 0.2) is 5.79 Å². The van der Waals surface area contributed by atoms with Crippen molar-refractivity contribution in [2.75, 3.05) is 6.79 Å². The Morgan fingerprint density at radius 2 is 2.00 bits per heavy atom. The highest BCUT2D eigenvalue weighted by molar-refractivity contribution is 4.43. The van der Waals surface area contributed by atoms with Crippen molar-refractivity contribution in [3.63, 3.8) is 0 Å². The van der Waals surface area contributed by atoms with E-state index in [-0.39, 0.29) is 0 Å². The van der Waals surface area contributed by atoms with E-state index in [9.17, 15) is 0 Å². The molecular weight excluding hydrogens is 96.0 g/mol. The zero-order valence-corrected chi connectivity index (χ0v) is 4.51. The van der Waals surface area contributed by atoms with Gasteiger partial charge in [-0.15, -0.1) is 0 Å². The van der Waals surface area contributed by atoms with Gasteiger partial charge in [-0.2, -0.15) is 0 Å². The zero-order chi connectivity index (χ0) is 5.91. The van der Waals surface area contributed by atoms with Gasteiger partial charge < -0.3 is 14.9 Å². The van der Waals surface area contributed by atoms with Crippen molar-refractivity contribution in [1.82, 2.24) is 0 Å². The Morgan fingerprint density at radius 3 is 2.00 bits per heavy atom. The van der Waals surface area contributed by atoms with Crippen LogP contribution in [0.4, 0.5) is 0 Å². The second-order valence-corrected chi connectivity index (χ2v) is 1.72. The average Bonchev–Trinajstić information content (AvgIpc) is 1.30. The predicted octanol–water partition coefficient (Wildman–Crippen LogP) is -0.319. The van der Waals surface area contributed by atoms with Crippen molar-refractivity contribution >= 4 is 0 Å². The fourth-order valence-electron chi connectivity index (χ4n) is 0.158. The molecule has 0 radical (unpaired) electrons. The van der Waals surface area contributed by atoms with Crippen molar-refractivity contribution in [3.05, 3.63) is 0 Å². The van der Waals surface area contributed by atoms with Gasteiger partial charge in [-0.1, -0.05) is 0 Å². The van der Waals surface area contributed by atoms with Gasteiger partial charge >= 0.3 is 0 Å². The van der Waals surface area contributed by atoms with Gasteiger partial charge in [-0.3, -0.25) is 0 Å². The number of hydrogen-bond donors (Lipinski definition) is 2. The summed E-state index contributed by atoms with van der Waals surface area (Å²) in [5.74, 6) is -1.20. The SMILES string of the molecule is CC(C)(O)OCO. The van der Waals surface area contributed by atoms with Crippen LogP contribution in [0.5, 0.6) is 0 Å². The molecule has 0 bridgehead atoms. The van der Waals surface area contributed by atoms with Gasteiger partial charge in [0.1, 0.15) is 6.79 Å². The molecule has 2 N–H and O–H groups in total. The van der Waals surface area contributed by atoms with E-state index in [0.29, 0.717) is 0 Å². The topological polar surface area (TPSA) is 49.7 Å². The Bertz CT molecular complexity index is 45.4. The number of ether oxygens (including phenoxy) is 1. The summed E-state index contributed by atoms with van der Waals surface area (Å²) in [4.78, 5) is 0. The van der Waals surface area contributed by atoms with Crippen LogP contribution < -0.4 is 0 Å². The van der Waals surface area contributed by atoms with E-state index in [0.717, 1.165) is 0 Å². The molecule has 0 unspecified atom stereocenters. The maximum atomic E-state index is 8.64. The maximum absolute atomic E-state index is 8.64. The third-order valence-electron chi connectivity index (χ3n) is 0.418. The molecule has 0 amide bonds. The summed E-state index contributed by atoms with van der Waals surface area (Å²) >= 11 is 0. The highest BCUT2D eigenvalue weighted by Crippen LogP contribution is 1.99. The van der Waals surface area contributed by atoms with Crippen molar-refractivity contribution in [1.29, 1.82) is 0 Å². The minimum absolute atomic E-state index is 0.441. The normalized spacial score (nSPS) is 12.0. The van der Waals surface area contributed by atoms with Crippen molar-refractivity contribution < 1.29 is 14.9 Å². The largest absolute Gasteiger partial charge is 0.371 e. The quantitative estimate of drug-likeness (QED) is 0.474. The molecule has 7 heavy (non-hydrogen) atoms. The van der Waals surface area contributed by atoms with E-state index >= 15 is 0 Å². The molecular formula is C4H10O3. The van der Waals surface area contributed by atoms with E-state index in [1.165, 1.54) is 13.8 Å². The Labute approximate surface area is 42.5 Å². The van der Waals surface area contributed by atoms with Crippen molar-refractivity contribution in [3.8, 4) is 0 Å². The molecule has 3 nitrogen and oxygen atoms in total. The first-order chi connectivity index (χ1) is 3.06. The fraction of sp³-hybridized carbons (Fsp3) is 1.00. The molecule has 0 rings (SSSR count). The summed E-state index contributed by atoms with van der Waals surface area (Å²) in [7, 11) is 0. The Morgan fingerprint density at radius 1 is 1.57 bits per heavy atom. The summed E-state index contributed by atoms with van der Waals surface area (Å²) in [5.41, 5.74) is 0. The molecule has 0 aliphatic rings. The van der Waals surface area contributed by atoms with Gasteiger partial charge in [0, 0.05) is 0 Å². The Hall–Kier alpha value is -0.120. The zero-order valence-electron chi connectivity index (χ0n) is 4.51. The smallest absolute Gasteiger partial charge is 0.162 e. The molecule has 0 spiro atoms. The minimum Gasteiger partial charge on any atom is -0.371 e. The van der Waals surface area contributed by atoms with Crippen LogP contribution in [0.1, 0.15) is 13.8 Å². The molecule has 0 aromatic heterocycles. The van der Waals surface area contributed by atoms with Gasteiger partial charge in [0.05, 0.1) is 0 Å². The van der Waals surface area contributed by atoms with Crippen LogP contribution in [0.2, 0.25) is 0 Å². The highest BCUT2D eigenvalue weighted by Gasteiger charge is 2.09. The predicted molar refractivity (Wildman–Crippen MR) is 24.5 cm³/mol. The fourth-order valence-corrected chi connectivity index (χ4v) is 0.158. The maximum Gasteiger partial charge on any atom is 0.162 e. The molecule has 44 valence electrons. The average molecular weight is 106 g/mol. The third-order valence-corrected chi connectivity index (χ3v) is 0.418. The Balaban J connectivity index is 3.15. The first-order valence-electron chi connectivity index (χ1n) is 2.03. The number of aliphatic hydroxyl groups excluding tert-OH is 1. The van der Waals surface area contributed by atoms with Crippen LogP contribution in [-0.4, -0.2) is 22.8 Å². The molecule has 0 aliphatic carbocycles. The van der Waals surface area contributed by atoms with Gasteiger partial charge in [0.2, 0.25) is 0 Å². The first kappa shape index (κ1) is 6.88. The second kappa shape index (κ2) is 2.26. The minimum atomic E-state index is -1.20. The van der Waals surface area contributed by atoms with E-state index in [1.807, 2.05) is 0 Å². The van der Waals surface area contributed by atoms with Crippen LogP contribution in [-0.2, 0) is 4.74 Å². The number of hydrogen-bond acceptors (Lipinski definition) is 3. The first-order valence-corrected chi connectivity index (χ1v) is 2.03. The van der Waals surface area contributed by atoms with Crippen LogP contribution >= 0.6 is 0 Å². The molecule has 0 saturated carbocycles. The number of rotatable bonds is 2. The van der Waals surface area contributed by atoms with E-state index in [4.69, 9.17) is 10.2 Å². The monoisotopic (exact) mass is 106 g/mol. The summed E-state index contributed by atoms with van der Waals surface area (Å²) in [6, 6.07) is 0. The summed E-state index contributed by atoms with van der Waals surface area (Å²) in [6.07, 6.45) is 0. The van der Waals surface area contributed by atoms with Crippen LogP contribution in [0.15, 0.2) is 0 Å². The lowest BCUT2D eigenvalue weighted by Crippen LogP contribution is -2.23. The Kier molecular flexibility index (Phi) is 2.22. The van der Waals surface area contributed by atoms with Gasteiger partial charge in [0.25, 0.3) is 0 Å². The molecule has 0 heterocycles. The van der Waals surface area contributed by atoms with Gasteiger partial charge in [-0.05, 0) is 13.8 Å². The molecule has 0 saturated heterocycles. The van der Waals surface area contributed by atoms with E-state index < -0.39 is 12.6 Å². The number of aliphatic hydroxyl groups is 2. The standard InChI is InChI=1S/C4H10O3/c1-4(2,6)7-3-5/h5-6H,3H2,1-2H3. The van der Waals surface area contributed by atoms with Crippen LogP contribution in [0, 0.1) is 0 Å². The lowest BCUT2D eigenvalue weighted by atomic mass is 10.4. The summed E-state index contributed by atoms with van der Waals surface area (Å²) in [5, 5.41) is 16.7. The second-order valence-electron chi connectivity index (χ2n) is 1.72. The molecule has 3 heteroatoms. The van der Waals surface area contributed by atoms with Gasteiger partial charge in [-0.25, -0.2) is 0 Å². The highest BCUT2D eigenvalue weighted by atomic mass is 16.7. The van der Waals surface area contributed by atoms with Crippen molar-refractivity contribution in [2.24, 2.45) is 0 Å². The third kappa shape index (κ3) is 5.88. The lowest BCUT2D eigenvalue weighted by Gasteiger charge is -2.14. The van der Waals surface area contributed by atoms with Crippen LogP contribution in [0.25, 0.3) is 0 Å². The summed E-state index contributed by atoms with van der Waals surface area (Å²) in [6.45, 7) is 2.45. The van der Waals surface area contributed by atoms with Crippen molar-refractivity contribution in [2.45, 2.75) is 19.6 Å². The lowest BCUT2D eigenvalue weighted by molar-refractivity contribution is -0.213. The van der Waals surface area contributed by atoms with E-state index in [2.05, 4.69) is 4.74 Å². The van der Waals surface area contributed by atoms with E-state index in [1.54, 1.807) is 0 Å². The van der Waals surface area contributed by atoms with Crippen LogP contribution in [0.3, 0.4) is 0 Å². The molecule has 0 aromatic carbocycles. The summed E-state index contributed by atoms with van der Waals surface area (Å²) < 4.78 is 4.34.